The van der Waals surface area contributed by atoms with Crippen LogP contribution in [-0.4, -0.2) is 30.1 Å². The number of aliphatic hydroxyl groups excluding tert-OH is 1. The minimum Gasteiger partial charge on any atom is -0.396 e. The van der Waals surface area contributed by atoms with E-state index in [1.54, 1.807) is 0 Å². The van der Waals surface area contributed by atoms with Gasteiger partial charge in [-0.2, -0.15) is 0 Å². The van der Waals surface area contributed by atoms with Gasteiger partial charge < -0.3 is 10.4 Å². The van der Waals surface area contributed by atoms with Crippen molar-refractivity contribution in [2.45, 2.75) is 122 Å². The second-order valence-electron chi connectivity index (χ2n) is 8.18. The van der Waals surface area contributed by atoms with Crippen molar-refractivity contribution in [1.82, 2.24) is 5.32 Å². The first-order valence-corrected chi connectivity index (χ1v) is 11.9. The van der Waals surface area contributed by atoms with E-state index >= 15 is 0 Å². The Bertz CT molecular complexity index is 379. The number of nitrogens with zero attached hydrogens (tertiary/aromatic N) is 1. The summed E-state index contributed by atoms with van der Waals surface area (Å²) in [6.45, 7) is 3.56. The Morgan fingerprint density at radius 2 is 1.48 bits per heavy atom. The van der Waals surface area contributed by atoms with Crippen LogP contribution in [0.15, 0.2) is 17.1 Å². The molecular weight excluding hydrogens is 332 g/mol. The molecule has 0 aromatic heterocycles. The monoisotopic (exact) mass is 378 g/mol. The van der Waals surface area contributed by atoms with Gasteiger partial charge in [0.05, 0.1) is 11.9 Å². The molecule has 0 radical (unpaired) electrons. The van der Waals surface area contributed by atoms with Crippen LogP contribution in [0.25, 0.3) is 0 Å². The Morgan fingerprint density at radius 1 is 0.852 bits per heavy atom. The van der Waals surface area contributed by atoms with E-state index in [0.717, 1.165) is 38.1 Å². The molecule has 0 aromatic carbocycles. The molecule has 3 heteroatoms. The minimum atomic E-state index is 0.290. The Hall–Kier alpha value is -0.830. The summed E-state index contributed by atoms with van der Waals surface area (Å²) in [5, 5.41) is 12.2. The van der Waals surface area contributed by atoms with Gasteiger partial charge in [-0.15, -0.1) is 0 Å². The van der Waals surface area contributed by atoms with Crippen LogP contribution in [-0.2, 0) is 0 Å². The smallest absolute Gasteiger partial charge is 0.0968 e. The third-order valence-corrected chi connectivity index (χ3v) is 5.50. The van der Waals surface area contributed by atoms with Crippen molar-refractivity contribution in [1.29, 1.82) is 0 Å². The van der Waals surface area contributed by atoms with Crippen LogP contribution >= 0.6 is 0 Å². The number of amidine groups is 1. The van der Waals surface area contributed by atoms with E-state index in [-0.39, 0.29) is 0 Å². The number of aliphatic hydroxyl groups is 1. The Kier molecular flexibility index (Phi) is 16.6. The highest BCUT2D eigenvalue weighted by Crippen LogP contribution is 2.13. The quantitative estimate of drug-likeness (QED) is 0.197. The Morgan fingerprint density at radius 3 is 2.11 bits per heavy atom. The van der Waals surface area contributed by atoms with Crippen LogP contribution in [0.4, 0.5) is 0 Å². The molecule has 158 valence electrons. The molecule has 27 heavy (non-hydrogen) atoms. The first-order chi connectivity index (χ1) is 13.4. The summed E-state index contributed by atoms with van der Waals surface area (Å²) in [5.74, 6) is 1.14. The van der Waals surface area contributed by atoms with Crippen molar-refractivity contribution in [3.8, 4) is 0 Å². The summed E-state index contributed by atoms with van der Waals surface area (Å²) in [5.41, 5.74) is 0. The topological polar surface area (TPSA) is 44.6 Å². The normalized spacial score (nSPS) is 16.8. The van der Waals surface area contributed by atoms with E-state index in [9.17, 15) is 0 Å². The third-order valence-electron chi connectivity index (χ3n) is 5.50. The number of allylic oxidation sites excluding steroid dienone is 1. The summed E-state index contributed by atoms with van der Waals surface area (Å²) in [4.78, 5) is 4.74. The third kappa shape index (κ3) is 14.8. The highest BCUT2D eigenvalue weighted by Gasteiger charge is 2.14. The molecule has 0 aliphatic carbocycles. The van der Waals surface area contributed by atoms with Gasteiger partial charge in [0.25, 0.3) is 0 Å². The number of unbranched alkanes of at least 4 members (excludes halogenated alkanes) is 13. The number of hydrogen-bond acceptors (Lipinski definition) is 3. The molecule has 1 unspecified atom stereocenters. The zero-order valence-corrected chi connectivity index (χ0v) is 18.1. The molecule has 0 spiro atoms. The Balaban J connectivity index is 1.83. The van der Waals surface area contributed by atoms with Gasteiger partial charge in [-0.25, -0.2) is 0 Å². The van der Waals surface area contributed by atoms with Crippen LogP contribution in [0, 0.1) is 0 Å². The Labute approximate surface area is 169 Å². The molecule has 0 amide bonds. The van der Waals surface area contributed by atoms with Crippen molar-refractivity contribution < 1.29 is 5.11 Å². The predicted molar refractivity (Wildman–Crippen MR) is 120 cm³/mol. The van der Waals surface area contributed by atoms with E-state index in [0.29, 0.717) is 12.6 Å². The molecule has 0 bridgehead atoms. The lowest BCUT2D eigenvalue weighted by molar-refractivity contribution is 0.285. The van der Waals surface area contributed by atoms with E-state index < -0.39 is 0 Å². The summed E-state index contributed by atoms with van der Waals surface area (Å²) in [6.07, 6.45) is 26.9. The fraction of sp³-hybridized carbons (Fsp3) is 0.875. The maximum absolute atomic E-state index is 8.82. The SMILES string of the molecule is CCCCCCCCCCCCCCC=CCC1CNC(CCCCO)=N1. The molecule has 3 nitrogen and oxygen atoms in total. The highest BCUT2D eigenvalue weighted by molar-refractivity contribution is 5.83. The van der Waals surface area contributed by atoms with Gasteiger partial charge in [0.1, 0.15) is 0 Å². The predicted octanol–water partition coefficient (Wildman–Crippen LogP) is 6.56. The van der Waals surface area contributed by atoms with Crippen LogP contribution in [0.2, 0.25) is 0 Å². The highest BCUT2D eigenvalue weighted by atomic mass is 16.2. The molecule has 1 atom stereocenters. The van der Waals surface area contributed by atoms with Gasteiger partial charge in [0, 0.05) is 19.6 Å². The molecule has 2 N–H and O–H groups in total. The average molecular weight is 379 g/mol. The van der Waals surface area contributed by atoms with Gasteiger partial charge in [-0.1, -0.05) is 89.7 Å². The molecule has 1 heterocycles. The van der Waals surface area contributed by atoms with Gasteiger partial charge in [0.15, 0.2) is 0 Å². The van der Waals surface area contributed by atoms with Gasteiger partial charge >= 0.3 is 0 Å². The molecule has 1 rings (SSSR count). The van der Waals surface area contributed by atoms with Crippen LogP contribution < -0.4 is 5.32 Å². The lowest BCUT2D eigenvalue weighted by Gasteiger charge is -2.02. The standard InChI is InChI=1S/C24H46N2O/c1-2-3-4-5-6-7-8-9-10-11-12-13-14-15-16-19-23-22-25-24(26-23)20-17-18-21-27/h15-16,23,27H,2-14,17-22H2,1H3,(H,25,26). The van der Waals surface area contributed by atoms with Crippen LogP contribution in [0.1, 0.15) is 116 Å². The second kappa shape index (κ2) is 18.5. The number of hydrogen-bond donors (Lipinski definition) is 2. The fourth-order valence-electron chi connectivity index (χ4n) is 3.71. The first kappa shape index (κ1) is 24.2. The second-order valence-corrected chi connectivity index (χ2v) is 8.18. The van der Waals surface area contributed by atoms with Crippen LogP contribution in [0.3, 0.4) is 0 Å². The first-order valence-electron chi connectivity index (χ1n) is 11.9. The fourth-order valence-corrected chi connectivity index (χ4v) is 3.71. The van der Waals surface area contributed by atoms with E-state index in [2.05, 4.69) is 24.4 Å². The zero-order valence-electron chi connectivity index (χ0n) is 18.1. The van der Waals surface area contributed by atoms with E-state index in [1.807, 2.05) is 0 Å². The largest absolute Gasteiger partial charge is 0.396 e. The van der Waals surface area contributed by atoms with Gasteiger partial charge in [-0.3, -0.25) is 4.99 Å². The summed E-state index contributed by atoms with van der Waals surface area (Å²) < 4.78 is 0. The van der Waals surface area contributed by atoms with E-state index in [4.69, 9.17) is 10.1 Å². The zero-order chi connectivity index (χ0) is 19.4. The van der Waals surface area contributed by atoms with Crippen molar-refractivity contribution in [2.75, 3.05) is 13.2 Å². The van der Waals surface area contributed by atoms with Crippen molar-refractivity contribution in [3.63, 3.8) is 0 Å². The molecule has 0 fully saturated rings. The average Bonchev–Trinajstić information content (AvgIpc) is 3.13. The molecule has 1 aliphatic heterocycles. The van der Waals surface area contributed by atoms with Gasteiger partial charge in [0.2, 0.25) is 0 Å². The van der Waals surface area contributed by atoms with E-state index in [1.165, 1.54) is 83.5 Å². The summed E-state index contributed by atoms with van der Waals surface area (Å²) >= 11 is 0. The molecule has 0 aromatic rings. The number of rotatable bonds is 19. The van der Waals surface area contributed by atoms with Crippen molar-refractivity contribution >= 4 is 5.84 Å². The van der Waals surface area contributed by atoms with Crippen LogP contribution in [0.5, 0.6) is 0 Å². The van der Waals surface area contributed by atoms with Crippen molar-refractivity contribution in [3.05, 3.63) is 12.2 Å². The summed E-state index contributed by atoms with van der Waals surface area (Å²) in [6, 6.07) is 0.423. The minimum absolute atomic E-state index is 0.290. The maximum atomic E-state index is 8.82. The maximum Gasteiger partial charge on any atom is 0.0968 e. The lowest BCUT2D eigenvalue weighted by Crippen LogP contribution is -2.20. The molecule has 0 saturated carbocycles. The van der Waals surface area contributed by atoms with Gasteiger partial charge in [-0.05, 0) is 32.1 Å². The molecule has 0 saturated heterocycles. The van der Waals surface area contributed by atoms with Crippen molar-refractivity contribution in [2.24, 2.45) is 4.99 Å². The number of nitrogens with one attached hydrogen (secondary N) is 1. The molecular formula is C24H46N2O. The molecule has 1 aliphatic rings. The number of aliphatic imine (C=N–C) groups is 1. The lowest BCUT2D eigenvalue weighted by atomic mass is 10.0. The summed E-state index contributed by atoms with van der Waals surface area (Å²) in [7, 11) is 0.